The number of sulfonamides is 1. The minimum absolute atomic E-state index is 0.247. The van der Waals surface area contributed by atoms with E-state index in [-0.39, 0.29) is 10.7 Å². The van der Waals surface area contributed by atoms with E-state index < -0.39 is 10.0 Å². The van der Waals surface area contributed by atoms with Gasteiger partial charge in [0.05, 0.1) is 4.90 Å². The first kappa shape index (κ1) is 20.5. The molecule has 2 aromatic rings. The predicted molar refractivity (Wildman–Crippen MR) is 112 cm³/mol. The van der Waals surface area contributed by atoms with Crippen LogP contribution in [0.4, 0.5) is 5.69 Å². The number of halogens is 1. The number of ketones is 1. The number of nitrogens with zero attached hydrogens (tertiary/aromatic N) is 2. The van der Waals surface area contributed by atoms with Gasteiger partial charge in [-0.3, -0.25) is 4.79 Å². The van der Waals surface area contributed by atoms with Gasteiger partial charge >= 0.3 is 0 Å². The number of allylic oxidation sites excluding steroid dienone is 1. The summed E-state index contributed by atoms with van der Waals surface area (Å²) in [4.78, 5) is 14.6. The first-order valence-corrected chi connectivity index (χ1v) is 10.7. The number of hydrogen-bond donors (Lipinski definition) is 1. The van der Waals surface area contributed by atoms with E-state index >= 15 is 0 Å². The SMILES string of the molecule is CN1CCN(S(=O)(=O)c2ccc(/C=C/C(=O)c3ccc(Cl)cc3N)cc2)CC1. The highest BCUT2D eigenvalue weighted by molar-refractivity contribution is 7.89. The molecule has 148 valence electrons. The lowest BCUT2D eigenvalue weighted by Crippen LogP contribution is -2.46. The summed E-state index contributed by atoms with van der Waals surface area (Å²) in [6.07, 6.45) is 3.03. The molecule has 3 rings (SSSR count). The van der Waals surface area contributed by atoms with E-state index in [0.717, 1.165) is 18.7 Å². The Morgan fingerprint density at radius 2 is 1.71 bits per heavy atom. The molecule has 1 heterocycles. The molecule has 0 atom stereocenters. The molecule has 1 aliphatic rings. The Labute approximate surface area is 170 Å². The van der Waals surface area contributed by atoms with Crippen LogP contribution in [0, 0.1) is 0 Å². The van der Waals surface area contributed by atoms with E-state index in [1.165, 1.54) is 16.4 Å². The summed E-state index contributed by atoms with van der Waals surface area (Å²) in [6.45, 7) is 2.40. The van der Waals surface area contributed by atoms with Crippen LogP contribution < -0.4 is 5.73 Å². The standard InChI is InChI=1S/C20H22ClN3O3S/c1-23-10-12-24(13-11-23)28(26,27)17-6-2-15(3-7-17)4-9-20(25)18-8-5-16(21)14-19(18)22/h2-9,14H,10-13,22H2,1H3/b9-4+. The average Bonchev–Trinajstić information content (AvgIpc) is 2.67. The first-order chi connectivity index (χ1) is 13.3. The fraction of sp³-hybridized carbons (Fsp3) is 0.250. The van der Waals surface area contributed by atoms with Crippen molar-refractivity contribution in [3.05, 3.63) is 64.7 Å². The Morgan fingerprint density at radius 3 is 2.32 bits per heavy atom. The van der Waals surface area contributed by atoms with Gasteiger partial charge in [0, 0.05) is 42.5 Å². The minimum atomic E-state index is -3.50. The van der Waals surface area contributed by atoms with Gasteiger partial charge in [0.2, 0.25) is 10.0 Å². The highest BCUT2D eigenvalue weighted by atomic mass is 35.5. The summed E-state index contributed by atoms with van der Waals surface area (Å²) < 4.78 is 27.0. The maximum atomic E-state index is 12.7. The minimum Gasteiger partial charge on any atom is -0.398 e. The Bertz CT molecular complexity index is 996. The molecule has 0 saturated carbocycles. The van der Waals surface area contributed by atoms with Gasteiger partial charge in [0.25, 0.3) is 0 Å². The second kappa shape index (κ2) is 8.45. The van der Waals surface area contributed by atoms with Gasteiger partial charge in [-0.2, -0.15) is 4.31 Å². The molecule has 0 spiro atoms. The van der Waals surface area contributed by atoms with Crippen molar-refractivity contribution in [3.8, 4) is 0 Å². The number of carbonyl (C=O) groups excluding carboxylic acids is 1. The molecule has 6 nitrogen and oxygen atoms in total. The fourth-order valence-electron chi connectivity index (χ4n) is 2.95. The molecule has 0 amide bonds. The van der Waals surface area contributed by atoms with Crippen LogP contribution in [-0.4, -0.2) is 56.6 Å². The Kier molecular flexibility index (Phi) is 6.20. The Morgan fingerprint density at radius 1 is 1.07 bits per heavy atom. The van der Waals surface area contributed by atoms with E-state index in [1.807, 2.05) is 7.05 Å². The van der Waals surface area contributed by atoms with E-state index in [2.05, 4.69) is 4.90 Å². The van der Waals surface area contributed by atoms with Crippen LogP contribution in [0.25, 0.3) is 6.08 Å². The predicted octanol–water partition coefficient (Wildman–Crippen LogP) is 2.75. The molecule has 2 aromatic carbocycles. The van der Waals surface area contributed by atoms with Crippen LogP contribution in [0.3, 0.4) is 0 Å². The molecule has 0 radical (unpaired) electrons. The van der Waals surface area contributed by atoms with Crippen LogP contribution in [0.15, 0.2) is 53.4 Å². The lowest BCUT2D eigenvalue weighted by atomic mass is 10.1. The molecule has 1 fully saturated rings. The number of rotatable bonds is 5. The van der Waals surface area contributed by atoms with Crippen LogP contribution in [-0.2, 0) is 10.0 Å². The van der Waals surface area contributed by atoms with Crippen molar-refractivity contribution < 1.29 is 13.2 Å². The summed E-state index contributed by atoms with van der Waals surface area (Å²) in [5.41, 5.74) is 7.23. The molecular formula is C20H22ClN3O3S. The first-order valence-electron chi connectivity index (χ1n) is 8.83. The molecule has 0 unspecified atom stereocenters. The maximum absolute atomic E-state index is 12.7. The van der Waals surface area contributed by atoms with Gasteiger partial charge in [0.1, 0.15) is 0 Å². The van der Waals surface area contributed by atoms with Crippen LogP contribution in [0.2, 0.25) is 5.02 Å². The summed E-state index contributed by atoms with van der Waals surface area (Å²) in [7, 11) is -1.52. The number of carbonyl (C=O) groups is 1. The van der Waals surface area contributed by atoms with E-state index in [1.54, 1.807) is 42.5 Å². The quantitative estimate of drug-likeness (QED) is 0.457. The monoisotopic (exact) mass is 419 g/mol. The lowest BCUT2D eigenvalue weighted by Gasteiger charge is -2.31. The zero-order chi connectivity index (χ0) is 20.3. The van der Waals surface area contributed by atoms with E-state index in [9.17, 15) is 13.2 Å². The third-order valence-electron chi connectivity index (χ3n) is 4.69. The Balaban J connectivity index is 1.72. The number of piperazine rings is 1. The zero-order valence-electron chi connectivity index (χ0n) is 15.5. The van der Waals surface area contributed by atoms with Crippen molar-refractivity contribution in [1.29, 1.82) is 0 Å². The van der Waals surface area contributed by atoms with E-state index in [4.69, 9.17) is 17.3 Å². The molecule has 1 aliphatic heterocycles. The fourth-order valence-corrected chi connectivity index (χ4v) is 4.55. The lowest BCUT2D eigenvalue weighted by molar-refractivity contribution is 0.104. The van der Waals surface area contributed by atoms with Crippen molar-refractivity contribution in [3.63, 3.8) is 0 Å². The summed E-state index contributed by atoms with van der Waals surface area (Å²) >= 11 is 5.85. The van der Waals surface area contributed by atoms with Crippen molar-refractivity contribution in [2.45, 2.75) is 4.90 Å². The van der Waals surface area contributed by atoms with Gasteiger partial charge in [-0.15, -0.1) is 0 Å². The summed E-state index contributed by atoms with van der Waals surface area (Å²) in [6, 6.07) is 11.2. The number of nitrogen functional groups attached to an aromatic ring is 1. The number of hydrogen-bond acceptors (Lipinski definition) is 5. The molecule has 2 N–H and O–H groups in total. The third kappa shape index (κ3) is 4.62. The van der Waals surface area contributed by atoms with Gasteiger partial charge in [0.15, 0.2) is 5.78 Å². The molecule has 0 aliphatic carbocycles. The second-order valence-corrected chi connectivity index (χ2v) is 9.08. The zero-order valence-corrected chi connectivity index (χ0v) is 17.1. The van der Waals surface area contributed by atoms with Gasteiger partial charge in [-0.05, 0) is 49.0 Å². The molecular weight excluding hydrogens is 398 g/mol. The molecule has 28 heavy (non-hydrogen) atoms. The van der Waals surface area contributed by atoms with Crippen LogP contribution in [0.1, 0.15) is 15.9 Å². The largest absolute Gasteiger partial charge is 0.398 e. The summed E-state index contributed by atoms with van der Waals surface area (Å²) in [5, 5.41) is 0.468. The molecule has 0 bridgehead atoms. The van der Waals surface area contributed by atoms with E-state index in [0.29, 0.717) is 29.4 Å². The second-order valence-electron chi connectivity index (χ2n) is 6.71. The van der Waals surface area contributed by atoms with Crippen molar-refractivity contribution in [1.82, 2.24) is 9.21 Å². The number of anilines is 1. The number of nitrogens with two attached hydrogens (primary N) is 1. The van der Waals surface area contributed by atoms with Crippen LogP contribution >= 0.6 is 11.6 Å². The van der Waals surface area contributed by atoms with Gasteiger partial charge in [-0.1, -0.05) is 29.8 Å². The normalized spacial score (nSPS) is 16.5. The van der Waals surface area contributed by atoms with Crippen molar-refractivity contribution in [2.24, 2.45) is 0 Å². The third-order valence-corrected chi connectivity index (χ3v) is 6.83. The highest BCUT2D eigenvalue weighted by Crippen LogP contribution is 2.20. The molecule has 1 saturated heterocycles. The highest BCUT2D eigenvalue weighted by Gasteiger charge is 2.27. The number of likely N-dealkylation sites (N-methyl/N-ethyl adjacent to an activating group) is 1. The smallest absolute Gasteiger partial charge is 0.243 e. The maximum Gasteiger partial charge on any atom is 0.243 e. The Hall–Kier alpha value is -2.19. The topological polar surface area (TPSA) is 83.7 Å². The van der Waals surface area contributed by atoms with Gasteiger partial charge in [-0.25, -0.2) is 8.42 Å². The number of benzene rings is 2. The van der Waals surface area contributed by atoms with Crippen LogP contribution in [0.5, 0.6) is 0 Å². The molecule has 0 aromatic heterocycles. The van der Waals surface area contributed by atoms with Gasteiger partial charge < -0.3 is 10.6 Å². The van der Waals surface area contributed by atoms with Crippen molar-refractivity contribution in [2.75, 3.05) is 39.0 Å². The summed E-state index contributed by atoms with van der Waals surface area (Å²) in [5.74, 6) is -0.247. The molecule has 8 heteroatoms. The van der Waals surface area contributed by atoms with Crippen molar-refractivity contribution >= 4 is 39.2 Å². The average molecular weight is 420 g/mol.